The molecule has 2 aliphatic heterocycles. The minimum absolute atomic E-state index is 0.176. The number of aromatic hydroxyl groups is 1. The van der Waals surface area contributed by atoms with Gasteiger partial charge in [-0.05, 0) is 48.9 Å². The van der Waals surface area contributed by atoms with Gasteiger partial charge in [-0.2, -0.15) is 0 Å². The number of benzene rings is 2. The van der Waals surface area contributed by atoms with Crippen LogP contribution in [0.1, 0.15) is 30.4 Å². The summed E-state index contributed by atoms with van der Waals surface area (Å²) in [7, 11) is 0. The summed E-state index contributed by atoms with van der Waals surface area (Å²) >= 11 is 0. The highest BCUT2D eigenvalue weighted by atomic mass is 16.3. The predicted molar refractivity (Wildman–Crippen MR) is 96.9 cm³/mol. The lowest BCUT2D eigenvalue weighted by atomic mass is 9.69. The Morgan fingerprint density at radius 1 is 1.12 bits per heavy atom. The van der Waals surface area contributed by atoms with Gasteiger partial charge in [-0.3, -0.25) is 9.69 Å². The third kappa shape index (κ3) is 2.81. The third-order valence-corrected chi connectivity index (χ3v) is 6.01. The van der Waals surface area contributed by atoms with E-state index in [1.165, 1.54) is 5.56 Å². The van der Waals surface area contributed by atoms with Gasteiger partial charge in [0, 0.05) is 18.6 Å². The molecule has 2 fully saturated rings. The standard InChI is InChI=1S/C21H24N2O2/c22-20(25)21(12-15-5-2-1-3-6-15)13-17-9-10-19(21)23(17)14-16-7-4-8-18(24)11-16/h1-8,11,17,19,24H,9-10,12-14H2,(H2,22,25)/t17-,19+,21+/m0/s1. The molecule has 0 radical (unpaired) electrons. The van der Waals surface area contributed by atoms with Crippen LogP contribution >= 0.6 is 0 Å². The zero-order valence-corrected chi connectivity index (χ0v) is 14.3. The topological polar surface area (TPSA) is 66.6 Å². The van der Waals surface area contributed by atoms with Gasteiger partial charge < -0.3 is 10.8 Å². The number of nitrogens with zero attached hydrogens (tertiary/aromatic N) is 1. The van der Waals surface area contributed by atoms with Gasteiger partial charge in [0.1, 0.15) is 5.75 Å². The lowest BCUT2D eigenvalue weighted by Gasteiger charge is -2.35. The Hall–Kier alpha value is -2.33. The second kappa shape index (κ2) is 6.19. The SMILES string of the molecule is NC(=O)[C@]1(Cc2ccccc2)C[C@@H]2CC[C@H]1N2Cc1cccc(O)c1. The van der Waals surface area contributed by atoms with Crippen molar-refractivity contribution in [2.24, 2.45) is 11.1 Å². The minimum Gasteiger partial charge on any atom is -0.508 e. The van der Waals surface area contributed by atoms with E-state index in [0.29, 0.717) is 12.5 Å². The number of phenolic OH excluding ortho intramolecular Hbond substituents is 1. The highest BCUT2D eigenvalue weighted by Gasteiger charge is 2.58. The Labute approximate surface area is 148 Å². The second-order valence-corrected chi connectivity index (χ2v) is 7.48. The molecular formula is C21H24N2O2. The maximum Gasteiger partial charge on any atom is 0.225 e. The lowest BCUT2D eigenvalue weighted by molar-refractivity contribution is -0.129. The minimum atomic E-state index is -0.485. The van der Waals surface area contributed by atoms with E-state index in [1.54, 1.807) is 12.1 Å². The molecule has 4 nitrogen and oxygen atoms in total. The van der Waals surface area contributed by atoms with Gasteiger partial charge in [0.05, 0.1) is 5.41 Å². The van der Waals surface area contributed by atoms with Crippen molar-refractivity contribution < 1.29 is 9.90 Å². The van der Waals surface area contributed by atoms with Crippen LogP contribution in [0.25, 0.3) is 0 Å². The van der Waals surface area contributed by atoms with Gasteiger partial charge in [-0.1, -0.05) is 42.5 Å². The van der Waals surface area contributed by atoms with Crippen molar-refractivity contribution >= 4 is 5.91 Å². The molecular weight excluding hydrogens is 312 g/mol. The van der Waals surface area contributed by atoms with Crippen molar-refractivity contribution in [2.45, 2.75) is 44.3 Å². The zero-order chi connectivity index (χ0) is 17.4. The van der Waals surface area contributed by atoms with Crippen molar-refractivity contribution in [1.29, 1.82) is 0 Å². The summed E-state index contributed by atoms with van der Waals surface area (Å²) in [4.78, 5) is 15.0. The molecule has 0 unspecified atom stereocenters. The van der Waals surface area contributed by atoms with Crippen molar-refractivity contribution in [3.63, 3.8) is 0 Å². The summed E-state index contributed by atoms with van der Waals surface area (Å²) in [6.07, 6.45) is 3.67. The molecule has 25 heavy (non-hydrogen) atoms. The largest absolute Gasteiger partial charge is 0.508 e. The molecule has 2 aliphatic rings. The number of hydrogen-bond donors (Lipinski definition) is 2. The van der Waals surface area contributed by atoms with Crippen LogP contribution in [0.2, 0.25) is 0 Å². The molecule has 0 saturated carbocycles. The van der Waals surface area contributed by atoms with Gasteiger partial charge >= 0.3 is 0 Å². The molecule has 3 atom stereocenters. The average molecular weight is 336 g/mol. The molecule has 2 saturated heterocycles. The first-order valence-electron chi connectivity index (χ1n) is 8.96. The van der Waals surface area contributed by atoms with E-state index >= 15 is 0 Å². The maximum atomic E-state index is 12.5. The van der Waals surface area contributed by atoms with Crippen molar-refractivity contribution in [3.05, 3.63) is 65.7 Å². The monoisotopic (exact) mass is 336 g/mol. The van der Waals surface area contributed by atoms with Gasteiger partial charge in [0.15, 0.2) is 0 Å². The van der Waals surface area contributed by atoms with E-state index in [2.05, 4.69) is 17.0 Å². The number of carbonyl (C=O) groups excluding carboxylic acids is 1. The summed E-state index contributed by atoms with van der Waals surface area (Å²) in [6, 6.07) is 18.1. The first-order valence-corrected chi connectivity index (χ1v) is 8.96. The first-order chi connectivity index (χ1) is 12.1. The van der Waals surface area contributed by atoms with E-state index in [9.17, 15) is 9.90 Å². The molecule has 2 aromatic carbocycles. The van der Waals surface area contributed by atoms with Crippen molar-refractivity contribution in [3.8, 4) is 5.75 Å². The highest BCUT2D eigenvalue weighted by molar-refractivity contribution is 5.83. The Morgan fingerprint density at radius 3 is 2.60 bits per heavy atom. The van der Waals surface area contributed by atoms with Crippen molar-refractivity contribution in [2.75, 3.05) is 0 Å². The number of hydrogen-bond acceptors (Lipinski definition) is 3. The van der Waals surface area contributed by atoms with Crippen molar-refractivity contribution in [1.82, 2.24) is 4.90 Å². The zero-order valence-electron chi connectivity index (χ0n) is 14.3. The Morgan fingerprint density at radius 2 is 1.88 bits per heavy atom. The molecule has 4 rings (SSSR count). The second-order valence-electron chi connectivity index (χ2n) is 7.48. The van der Waals surface area contributed by atoms with Gasteiger partial charge in [0.2, 0.25) is 5.91 Å². The van der Waals surface area contributed by atoms with Crippen LogP contribution < -0.4 is 5.73 Å². The molecule has 2 heterocycles. The summed E-state index contributed by atoms with van der Waals surface area (Å²) in [6.45, 7) is 0.757. The van der Waals surface area contributed by atoms with Crippen LogP contribution in [0.5, 0.6) is 5.75 Å². The molecule has 2 bridgehead atoms. The molecule has 1 amide bonds. The molecule has 0 spiro atoms. The first kappa shape index (κ1) is 16.2. The molecule has 3 N–H and O–H groups in total. The van der Waals surface area contributed by atoms with Crippen LogP contribution in [-0.2, 0) is 17.8 Å². The molecule has 2 aromatic rings. The Balaban J connectivity index is 1.61. The fourth-order valence-corrected chi connectivity index (χ4v) is 4.91. The number of primary amides is 1. The molecule has 4 heteroatoms. The highest BCUT2D eigenvalue weighted by Crippen LogP contribution is 2.52. The summed E-state index contributed by atoms with van der Waals surface area (Å²) in [5.74, 6) is 0.110. The summed E-state index contributed by atoms with van der Waals surface area (Å²) < 4.78 is 0. The number of nitrogens with two attached hydrogens (primary N) is 1. The summed E-state index contributed by atoms with van der Waals surface area (Å²) in [5.41, 5.74) is 7.71. The fraction of sp³-hybridized carbons (Fsp3) is 0.381. The normalized spacial score (nSPS) is 28.3. The van der Waals surface area contributed by atoms with Crippen LogP contribution in [0.15, 0.2) is 54.6 Å². The third-order valence-electron chi connectivity index (χ3n) is 6.01. The van der Waals surface area contributed by atoms with Crippen LogP contribution in [0.3, 0.4) is 0 Å². The van der Waals surface area contributed by atoms with E-state index < -0.39 is 5.41 Å². The van der Waals surface area contributed by atoms with Gasteiger partial charge in [-0.15, -0.1) is 0 Å². The lowest BCUT2D eigenvalue weighted by Crippen LogP contribution is -2.48. The van der Waals surface area contributed by atoms with E-state index in [0.717, 1.165) is 31.4 Å². The quantitative estimate of drug-likeness (QED) is 0.882. The molecule has 130 valence electrons. The number of phenols is 1. The van der Waals surface area contributed by atoms with Gasteiger partial charge in [0.25, 0.3) is 0 Å². The van der Waals surface area contributed by atoms with Crippen LogP contribution in [0.4, 0.5) is 0 Å². The number of amides is 1. The van der Waals surface area contributed by atoms with Crippen LogP contribution in [-0.4, -0.2) is 28.0 Å². The Bertz CT molecular complexity index is 776. The predicted octanol–water partition coefficient (Wildman–Crippen LogP) is 2.84. The van der Waals surface area contributed by atoms with E-state index in [4.69, 9.17) is 5.73 Å². The smallest absolute Gasteiger partial charge is 0.225 e. The number of carbonyl (C=O) groups is 1. The fourth-order valence-electron chi connectivity index (χ4n) is 4.91. The maximum absolute atomic E-state index is 12.5. The molecule has 0 aromatic heterocycles. The van der Waals surface area contributed by atoms with Gasteiger partial charge in [-0.25, -0.2) is 0 Å². The van der Waals surface area contributed by atoms with E-state index in [-0.39, 0.29) is 17.7 Å². The Kier molecular flexibility index (Phi) is 4.00. The van der Waals surface area contributed by atoms with Crippen LogP contribution in [0, 0.1) is 5.41 Å². The average Bonchev–Trinajstić information content (AvgIpc) is 3.11. The number of fused-ring (bicyclic) bond motifs is 2. The summed E-state index contributed by atoms with van der Waals surface area (Å²) in [5, 5.41) is 9.73. The molecule has 0 aliphatic carbocycles. The van der Waals surface area contributed by atoms with E-state index in [1.807, 2.05) is 30.3 Å². The number of rotatable bonds is 5.